The monoisotopic (exact) mass is 380 g/mol. The number of nitrogens with two attached hydrogens (primary N) is 1. The number of primary amides is 1. The van der Waals surface area contributed by atoms with E-state index < -0.39 is 11.5 Å². The summed E-state index contributed by atoms with van der Waals surface area (Å²) in [4.78, 5) is 36.1. The molecular formula is C21H20N2O5. The number of amides is 2. The summed E-state index contributed by atoms with van der Waals surface area (Å²) in [5, 5.41) is 3.45. The van der Waals surface area contributed by atoms with Gasteiger partial charge in [0, 0.05) is 23.4 Å². The predicted molar refractivity (Wildman–Crippen MR) is 106 cm³/mol. The van der Waals surface area contributed by atoms with Crippen molar-refractivity contribution in [1.29, 1.82) is 0 Å². The molecule has 1 aromatic heterocycles. The standard InChI is InChI=1S/C21H20N2O5/c1-12-14-8-7-13(27-2)11-18(14)28-21(26)15(12)9-10-19(24)23-17-6-4-3-5-16(17)20(22)25/h3-8,11H,9-10H2,1-2H3,(H2,22,25)(H,23,24). The third kappa shape index (κ3) is 3.88. The van der Waals surface area contributed by atoms with Gasteiger partial charge in [0.15, 0.2) is 0 Å². The molecule has 28 heavy (non-hydrogen) atoms. The van der Waals surface area contributed by atoms with E-state index in [4.69, 9.17) is 14.9 Å². The number of nitrogens with one attached hydrogen (secondary N) is 1. The number of hydrogen-bond donors (Lipinski definition) is 2. The molecule has 2 aromatic carbocycles. The van der Waals surface area contributed by atoms with E-state index in [0.717, 1.165) is 10.9 Å². The van der Waals surface area contributed by atoms with E-state index >= 15 is 0 Å². The molecule has 0 radical (unpaired) electrons. The smallest absolute Gasteiger partial charge is 0.339 e. The van der Waals surface area contributed by atoms with Crippen molar-refractivity contribution in [2.75, 3.05) is 12.4 Å². The molecular weight excluding hydrogens is 360 g/mol. The van der Waals surface area contributed by atoms with Crippen molar-refractivity contribution in [1.82, 2.24) is 0 Å². The predicted octanol–water partition coefficient (Wildman–Crippen LogP) is 2.78. The van der Waals surface area contributed by atoms with Crippen molar-refractivity contribution in [3.05, 3.63) is 69.6 Å². The number of fused-ring (bicyclic) bond motifs is 1. The topological polar surface area (TPSA) is 112 Å². The first-order valence-electron chi connectivity index (χ1n) is 8.69. The largest absolute Gasteiger partial charge is 0.497 e. The van der Waals surface area contributed by atoms with Crippen LogP contribution in [0.1, 0.15) is 27.9 Å². The molecule has 0 saturated heterocycles. The normalized spacial score (nSPS) is 10.6. The first-order valence-corrected chi connectivity index (χ1v) is 8.69. The van der Waals surface area contributed by atoms with Gasteiger partial charge in [-0.2, -0.15) is 0 Å². The minimum atomic E-state index is -0.627. The number of anilines is 1. The highest BCUT2D eigenvalue weighted by molar-refractivity contribution is 6.03. The molecule has 0 aliphatic rings. The summed E-state index contributed by atoms with van der Waals surface area (Å²) in [5.41, 5.74) is 7.04. The highest BCUT2D eigenvalue weighted by Gasteiger charge is 2.15. The van der Waals surface area contributed by atoms with E-state index in [1.807, 2.05) is 13.0 Å². The first-order chi connectivity index (χ1) is 13.4. The van der Waals surface area contributed by atoms with Gasteiger partial charge in [-0.3, -0.25) is 9.59 Å². The Balaban J connectivity index is 1.79. The van der Waals surface area contributed by atoms with Crippen LogP contribution in [0.2, 0.25) is 0 Å². The molecule has 0 atom stereocenters. The minimum absolute atomic E-state index is 0.0559. The van der Waals surface area contributed by atoms with Crippen molar-refractivity contribution in [3.8, 4) is 5.75 Å². The molecule has 144 valence electrons. The molecule has 3 N–H and O–H groups in total. The Labute approximate surface area is 161 Å². The summed E-state index contributed by atoms with van der Waals surface area (Å²) in [7, 11) is 1.54. The van der Waals surface area contributed by atoms with Crippen LogP contribution in [0.25, 0.3) is 11.0 Å². The second-order valence-corrected chi connectivity index (χ2v) is 6.31. The van der Waals surface area contributed by atoms with Crippen LogP contribution < -0.4 is 21.4 Å². The molecule has 0 fully saturated rings. The Hall–Kier alpha value is -3.61. The zero-order valence-corrected chi connectivity index (χ0v) is 15.6. The van der Waals surface area contributed by atoms with Crippen molar-refractivity contribution in [2.24, 2.45) is 5.73 Å². The van der Waals surface area contributed by atoms with Gasteiger partial charge in [0.1, 0.15) is 11.3 Å². The van der Waals surface area contributed by atoms with Gasteiger partial charge in [-0.25, -0.2) is 4.79 Å². The quantitative estimate of drug-likeness (QED) is 0.639. The first kappa shape index (κ1) is 19.2. The second kappa shape index (κ2) is 7.96. The molecule has 7 nitrogen and oxygen atoms in total. The van der Waals surface area contributed by atoms with Crippen molar-refractivity contribution in [3.63, 3.8) is 0 Å². The number of ether oxygens (including phenoxy) is 1. The maximum Gasteiger partial charge on any atom is 0.339 e. The highest BCUT2D eigenvalue weighted by atomic mass is 16.5. The van der Waals surface area contributed by atoms with Crippen LogP contribution in [0.15, 0.2) is 51.7 Å². The van der Waals surface area contributed by atoms with Gasteiger partial charge in [0.05, 0.1) is 18.4 Å². The molecule has 0 aliphatic heterocycles. The summed E-state index contributed by atoms with van der Waals surface area (Å²) < 4.78 is 10.5. The molecule has 2 amide bonds. The van der Waals surface area contributed by atoms with Crippen LogP contribution in [0, 0.1) is 6.92 Å². The van der Waals surface area contributed by atoms with Crippen LogP contribution in [-0.4, -0.2) is 18.9 Å². The van der Waals surface area contributed by atoms with Gasteiger partial charge in [-0.1, -0.05) is 12.1 Å². The summed E-state index contributed by atoms with van der Waals surface area (Å²) in [6, 6.07) is 11.7. The van der Waals surface area contributed by atoms with E-state index in [9.17, 15) is 14.4 Å². The Morgan fingerprint density at radius 3 is 2.64 bits per heavy atom. The van der Waals surface area contributed by atoms with Gasteiger partial charge < -0.3 is 20.2 Å². The van der Waals surface area contributed by atoms with E-state index in [0.29, 0.717) is 22.6 Å². The van der Waals surface area contributed by atoms with Crippen molar-refractivity contribution >= 4 is 28.5 Å². The third-order valence-electron chi connectivity index (χ3n) is 4.56. The molecule has 0 spiro atoms. The third-order valence-corrected chi connectivity index (χ3v) is 4.56. The zero-order valence-electron chi connectivity index (χ0n) is 15.6. The summed E-state index contributed by atoms with van der Waals surface area (Å²) in [5.74, 6) is -0.366. The Kier molecular flexibility index (Phi) is 5.44. The van der Waals surface area contributed by atoms with Crippen LogP contribution in [0.4, 0.5) is 5.69 Å². The van der Waals surface area contributed by atoms with E-state index in [-0.39, 0.29) is 24.3 Å². The van der Waals surface area contributed by atoms with Crippen LogP contribution in [0.3, 0.4) is 0 Å². The fraction of sp³-hybridized carbons (Fsp3) is 0.190. The Bertz CT molecular complexity index is 1120. The molecule has 3 rings (SSSR count). The average molecular weight is 380 g/mol. The van der Waals surface area contributed by atoms with E-state index in [2.05, 4.69) is 5.32 Å². The molecule has 0 aliphatic carbocycles. The number of benzene rings is 2. The maximum atomic E-state index is 12.4. The molecule has 1 heterocycles. The van der Waals surface area contributed by atoms with Gasteiger partial charge in [-0.05, 0) is 43.2 Å². The molecule has 7 heteroatoms. The fourth-order valence-electron chi connectivity index (χ4n) is 3.05. The number of methoxy groups -OCH3 is 1. The fourth-order valence-corrected chi connectivity index (χ4v) is 3.05. The Morgan fingerprint density at radius 2 is 1.93 bits per heavy atom. The minimum Gasteiger partial charge on any atom is -0.497 e. The van der Waals surface area contributed by atoms with Crippen molar-refractivity contribution < 1.29 is 18.7 Å². The van der Waals surface area contributed by atoms with Crippen LogP contribution >= 0.6 is 0 Å². The van der Waals surface area contributed by atoms with Gasteiger partial charge >= 0.3 is 5.63 Å². The number of aryl methyl sites for hydroxylation is 1. The van der Waals surface area contributed by atoms with Gasteiger partial charge in [0.2, 0.25) is 5.91 Å². The number of carbonyl (C=O) groups excluding carboxylic acids is 2. The SMILES string of the molecule is COc1ccc2c(C)c(CCC(=O)Nc3ccccc3C(N)=O)c(=O)oc2c1. The van der Waals surface area contributed by atoms with Crippen LogP contribution in [0.5, 0.6) is 5.75 Å². The highest BCUT2D eigenvalue weighted by Crippen LogP contribution is 2.24. The van der Waals surface area contributed by atoms with E-state index in [1.54, 1.807) is 30.3 Å². The van der Waals surface area contributed by atoms with Crippen molar-refractivity contribution in [2.45, 2.75) is 19.8 Å². The van der Waals surface area contributed by atoms with E-state index in [1.165, 1.54) is 13.2 Å². The lowest BCUT2D eigenvalue weighted by Crippen LogP contribution is -2.19. The molecule has 0 bridgehead atoms. The lowest BCUT2D eigenvalue weighted by Gasteiger charge is -2.10. The Morgan fingerprint density at radius 1 is 1.18 bits per heavy atom. The second-order valence-electron chi connectivity index (χ2n) is 6.31. The van der Waals surface area contributed by atoms with Crippen LogP contribution in [-0.2, 0) is 11.2 Å². The maximum absolute atomic E-state index is 12.4. The molecule has 3 aromatic rings. The lowest BCUT2D eigenvalue weighted by atomic mass is 10.0. The number of hydrogen-bond acceptors (Lipinski definition) is 5. The number of para-hydroxylation sites is 1. The summed E-state index contributed by atoms with van der Waals surface area (Å²) >= 11 is 0. The van der Waals surface area contributed by atoms with Gasteiger partial charge in [0.25, 0.3) is 5.91 Å². The average Bonchev–Trinajstić information content (AvgIpc) is 2.67. The molecule has 0 unspecified atom stereocenters. The zero-order chi connectivity index (χ0) is 20.3. The molecule has 0 saturated carbocycles. The van der Waals surface area contributed by atoms with Gasteiger partial charge in [-0.15, -0.1) is 0 Å². The summed E-state index contributed by atoms with van der Waals surface area (Å²) in [6.07, 6.45) is 0.265. The number of rotatable bonds is 6. The summed E-state index contributed by atoms with van der Waals surface area (Å²) in [6.45, 7) is 1.82. The lowest BCUT2D eigenvalue weighted by molar-refractivity contribution is -0.116. The number of carbonyl (C=O) groups is 2.